The number of amides is 1. The Balaban J connectivity index is 2.38. The maximum atomic E-state index is 12.7. The van der Waals surface area contributed by atoms with E-state index in [9.17, 15) is 13.2 Å². The van der Waals surface area contributed by atoms with Gasteiger partial charge in [-0.25, -0.2) is 8.42 Å². The summed E-state index contributed by atoms with van der Waals surface area (Å²) in [7, 11) is -3.67. The first kappa shape index (κ1) is 19.6. The van der Waals surface area contributed by atoms with Crippen molar-refractivity contribution < 1.29 is 13.2 Å². The molecular weight excluding hydrogens is 383 g/mol. The SMILES string of the molecule is CC[C@H](C(=O)Nc1cccc(Cl)c1Cl)N(c1ccccc1)S(C)(=O)=O. The number of rotatable bonds is 6. The van der Waals surface area contributed by atoms with Crippen LogP contribution in [0, 0.1) is 0 Å². The first-order chi connectivity index (χ1) is 11.8. The number of nitrogens with zero attached hydrogens (tertiary/aromatic N) is 1. The van der Waals surface area contributed by atoms with E-state index in [1.807, 2.05) is 0 Å². The van der Waals surface area contributed by atoms with Crippen LogP contribution in [0.5, 0.6) is 0 Å². The first-order valence-electron chi connectivity index (χ1n) is 7.55. The molecule has 1 N–H and O–H groups in total. The zero-order valence-corrected chi connectivity index (χ0v) is 16.1. The molecule has 0 aliphatic carbocycles. The average molecular weight is 401 g/mol. The zero-order chi connectivity index (χ0) is 18.6. The van der Waals surface area contributed by atoms with E-state index < -0.39 is 22.0 Å². The predicted octanol–water partition coefficient (Wildman–Crippen LogP) is 4.18. The molecule has 5 nitrogen and oxygen atoms in total. The lowest BCUT2D eigenvalue weighted by Gasteiger charge is -2.30. The molecule has 0 aromatic heterocycles. The Morgan fingerprint density at radius 3 is 2.32 bits per heavy atom. The number of nitrogens with one attached hydrogen (secondary N) is 1. The normalized spacial score (nSPS) is 12.5. The monoisotopic (exact) mass is 400 g/mol. The molecule has 0 saturated heterocycles. The Kier molecular flexibility index (Phi) is 6.32. The van der Waals surface area contributed by atoms with Gasteiger partial charge in [-0.3, -0.25) is 9.10 Å². The van der Waals surface area contributed by atoms with Crippen molar-refractivity contribution in [3.63, 3.8) is 0 Å². The molecule has 0 saturated carbocycles. The molecule has 2 aromatic carbocycles. The minimum Gasteiger partial charge on any atom is -0.323 e. The lowest BCUT2D eigenvalue weighted by Crippen LogP contribution is -2.47. The summed E-state index contributed by atoms with van der Waals surface area (Å²) in [5, 5.41) is 3.17. The highest BCUT2D eigenvalue weighted by Crippen LogP contribution is 2.30. The number of hydrogen-bond donors (Lipinski definition) is 1. The Morgan fingerprint density at radius 1 is 1.12 bits per heavy atom. The minimum atomic E-state index is -3.67. The molecule has 25 heavy (non-hydrogen) atoms. The number of sulfonamides is 1. The number of halogens is 2. The summed E-state index contributed by atoms with van der Waals surface area (Å²) in [6.45, 7) is 1.74. The van der Waals surface area contributed by atoms with Crippen LogP contribution < -0.4 is 9.62 Å². The van der Waals surface area contributed by atoms with Gasteiger partial charge in [-0.1, -0.05) is 54.4 Å². The van der Waals surface area contributed by atoms with Gasteiger partial charge < -0.3 is 5.32 Å². The molecule has 0 aliphatic heterocycles. The Labute approximate surface area is 157 Å². The van der Waals surface area contributed by atoms with E-state index in [2.05, 4.69) is 5.32 Å². The summed E-state index contributed by atoms with van der Waals surface area (Å²) in [4.78, 5) is 12.7. The van der Waals surface area contributed by atoms with Crippen LogP contribution in [0.2, 0.25) is 10.0 Å². The van der Waals surface area contributed by atoms with E-state index in [1.165, 1.54) is 0 Å². The van der Waals surface area contributed by atoms with Crippen molar-refractivity contribution in [3.8, 4) is 0 Å². The van der Waals surface area contributed by atoms with Gasteiger partial charge in [0.1, 0.15) is 6.04 Å². The maximum absolute atomic E-state index is 12.7. The van der Waals surface area contributed by atoms with Crippen LogP contribution >= 0.6 is 23.2 Å². The van der Waals surface area contributed by atoms with Crippen LogP contribution in [0.1, 0.15) is 13.3 Å². The Morgan fingerprint density at radius 2 is 1.76 bits per heavy atom. The molecule has 134 valence electrons. The molecular formula is C17H18Cl2N2O3S. The third kappa shape index (κ3) is 4.66. The molecule has 0 spiro atoms. The molecule has 0 unspecified atom stereocenters. The van der Waals surface area contributed by atoms with Crippen molar-refractivity contribution in [2.24, 2.45) is 0 Å². The largest absolute Gasteiger partial charge is 0.323 e. The number of benzene rings is 2. The number of para-hydroxylation sites is 1. The van der Waals surface area contributed by atoms with Crippen molar-refractivity contribution in [1.29, 1.82) is 0 Å². The van der Waals surface area contributed by atoms with Gasteiger partial charge in [0.2, 0.25) is 15.9 Å². The number of carbonyl (C=O) groups excluding carboxylic acids is 1. The van der Waals surface area contributed by atoms with Gasteiger partial charge in [-0.05, 0) is 30.7 Å². The molecule has 8 heteroatoms. The summed E-state index contributed by atoms with van der Waals surface area (Å²) >= 11 is 12.0. The van der Waals surface area contributed by atoms with E-state index in [-0.39, 0.29) is 11.4 Å². The summed E-state index contributed by atoms with van der Waals surface area (Å²) < 4.78 is 25.7. The second kappa shape index (κ2) is 8.08. The molecule has 2 rings (SSSR count). The number of hydrogen-bond acceptors (Lipinski definition) is 3. The lowest BCUT2D eigenvalue weighted by molar-refractivity contribution is -0.117. The Hall–Kier alpha value is -1.76. The fraction of sp³-hybridized carbons (Fsp3) is 0.235. The van der Waals surface area contributed by atoms with Crippen molar-refractivity contribution in [2.45, 2.75) is 19.4 Å². The second-order valence-corrected chi connectivity index (χ2v) is 8.05. The van der Waals surface area contributed by atoms with Crippen LogP contribution in [0.3, 0.4) is 0 Å². The molecule has 0 fully saturated rings. The quantitative estimate of drug-likeness (QED) is 0.790. The van der Waals surface area contributed by atoms with Crippen LogP contribution in [0.15, 0.2) is 48.5 Å². The molecule has 0 radical (unpaired) electrons. The van der Waals surface area contributed by atoms with Crippen LogP contribution in [-0.2, 0) is 14.8 Å². The number of anilines is 2. The second-order valence-electron chi connectivity index (χ2n) is 5.41. The van der Waals surface area contributed by atoms with Gasteiger partial charge >= 0.3 is 0 Å². The minimum absolute atomic E-state index is 0.206. The average Bonchev–Trinajstić information content (AvgIpc) is 2.56. The molecule has 2 aromatic rings. The standard InChI is InChI=1S/C17H18Cl2N2O3S/c1-3-15(17(22)20-14-11-7-10-13(18)16(14)19)21(25(2,23)24)12-8-5-4-6-9-12/h4-11,15H,3H2,1-2H3,(H,20,22)/t15-/m1/s1. The highest BCUT2D eigenvalue weighted by atomic mass is 35.5. The van der Waals surface area contributed by atoms with Crippen molar-refractivity contribution in [1.82, 2.24) is 0 Å². The molecule has 1 amide bonds. The van der Waals surface area contributed by atoms with Crippen LogP contribution in [0.25, 0.3) is 0 Å². The van der Waals surface area contributed by atoms with Gasteiger partial charge in [0, 0.05) is 0 Å². The third-order valence-electron chi connectivity index (χ3n) is 3.55. The van der Waals surface area contributed by atoms with Gasteiger partial charge in [-0.15, -0.1) is 0 Å². The van der Waals surface area contributed by atoms with Crippen molar-refractivity contribution >= 4 is 50.5 Å². The van der Waals surface area contributed by atoms with E-state index in [0.717, 1.165) is 10.6 Å². The highest BCUT2D eigenvalue weighted by Gasteiger charge is 2.31. The summed E-state index contributed by atoms with van der Waals surface area (Å²) in [6.07, 6.45) is 1.36. The third-order valence-corrected chi connectivity index (χ3v) is 5.55. The molecule has 0 bridgehead atoms. The van der Waals surface area contributed by atoms with Gasteiger partial charge in [-0.2, -0.15) is 0 Å². The van der Waals surface area contributed by atoms with E-state index in [4.69, 9.17) is 23.2 Å². The molecule has 0 aliphatic rings. The van der Waals surface area contributed by atoms with Crippen molar-refractivity contribution in [3.05, 3.63) is 58.6 Å². The number of carbonyl (C=O) groups is 1. The van der Waals surface area contributed by atoms with Gasteiger partial charge in [0.05, 0.1) is 27.7 Å². The van der Waals surface area contributed by atoms with E-state index in [1.54, 1.807) is 55.5 Å². The molecule has 1 atom stereocenters. The smallest absolute Gasteiger partial charge is 0.248 e. The zero-order valence-electron chi connectivity index (χ0n) is 13.7. The lowest BCUT2D eigenvalue weighted by atomic mass is 10.2. The Bertz CT molecular complexity index is 857. The molecule has 0 heterocycles. The summed E-state index contributed by atoms with van der Waals surface area (Å²) in [5.74, 6) is -0.485. The van der Waals surface area contributed by atoms with E-state index >= 15 is 0 Å². The van der Waals surface area contributed by atoms with E-state index in [0.29, 0.717) is 16.4 Å². The fourth-order valence-corrected chi connectivity index (χ4v) is 4.01. The van der Waals surface area contributed by atoms with Crippen molar-refractivity contribution in [2.75, 3.05) is 15.9 Å². The van der Waals surface area contributed by atoms with Crippen LogP contribution in [0.4, 0.5) is 11.4 Å². The summed E-state index contributed by atoms with van der Waals surface area (Å²) in [6, 6.07) is 12.4. The maximum Gasteiger partial charge on any atom is 0.248 e. The van der Waals surface area contributed by atoms with Crippen LogP contribution in [-0.4, -0.2) is 26.6 Å². The fourth-order valence-electron chi connectivity index (χ4n) is 2.45. The first-order valence-corrected chi connectivity index (χ1v) is 10.2. The highest BCUT2D eigenvalue weighted by molar-refractivity contribution is 7.92. The summed E-state index contributed by atoms with van der Waals surface area (Å²) in [5.41, 5.74) is 0.753. The van der Waals surface area contributed by atoms with Gasteiger partial charge in [0.15, 0.2) is 0 Å². The topological polar surface area (TPSA) is 66.5 Å². The van der Waals surface area contributed by atoms with Gasteiger partial charge in [0.25, 0.3) is 0 Å². The predicted molar refractivity (Wildman–Crippen MR) is 103 cm³/mol.